The van der Waals surface area contributed by atoms with Crippen LogP contribution in [0.15, 0.2) is 12.1 Å². The van der Waals surface area contributed by atoms with E-state index in [-0.39, 0.29) is 0 Å². The SMILES string of the molecule is CCCCC[C@H]1CC[C@H](c2ccc(CCCC)nn2)CC1. The second-order valence-electron chi connectivity index (χ2n) is 6.77. The zero-order valence-electron chi connectivity index (χ0n) is 14.0. The van der Waals surface area contributed by atoms with Crippen LogP contribution in [0.3, 0.4) is 0 Å². The number of nitrogens with zero attached hydrogens (tertiary/aromatic N) is 2. The summed E-state index contributed by atoms with van der Waals surface area (Å²) in [4.78, 5) is 0. The smallest absolute Gasteiger partial charge is 0.0662 e. The van der Waals surface area contributed by atoms with E-state index >= 15 is 0 Å². The lowest BCUT2D eigenvalue weighted by atomic mass is 9.78. The van der Waals surface area contributed by atoms with Crippen molar-refractivity contribution in [3.8, 4) is 0 Å². The Morgan fingerprint density at radius 1 is 0.905 bits per heavy atom. The average Bonchev–Trinajstić information content (AvgIpc) is 2.54. The first kappa shape index (κ1) is 16.5. The highest BCUT2D eigenvalue weighted by Gasteiger charge is 2.23. The van der Waals surface area contributed by atoms with E-state index in [4.69, 9.17) is 0 Å². The fourth-order valence-corrected chi connectivity index (χ4v) is 3.51. The summed E-state index contributed by atoms with van der Waals surface area (Å²) in [7, 11) is 0. The topological polar surface area (TPSA) is 25.8 Å². The molecule has 1 aromatic heterocycles. The van der Waals surface area contributed by atoms with E-state index in [1.54, 1.807) is 0 Å². The Morgan fingerprint density at radius 3 is 2.29 bits per heavy atom. The van der Waals surface area contributed by atoms with Gasteiger partial charge in [-0.05, 0) is 56.6 Å². The zero-order valence-corrected chi connectivity index (χ0v) is 14.0. The first-order chi connectivity index (χ1) is 10.3. The summed E-state index contributed by atoms with van der Waals surface area (Å²) in [5.74, 6) is 1.64. The van der Waals surface area contributed by atoms with Gasteiger partial charge in [-0.3, -0.25) is 0 Å². The highest BCUT2D eigenvalue weighted by molar-refractivity contribution is 5.12. The Hall–Kier alpha value is -0.920. The van der Waals surface area contributed by atoms with Crippen LogP contribution >= 0.6 is 0 Å². The van der Waals surface area contributed by atoms with Crippen molar-refractivity contribution in [2.24, 2.45) is 5.92 Å². The average molecular weight is 288 g/mol. The van der Waals surface area contributed by atoms with Gasteiger partial charge in [0.15, 0.2) is 0 Å². The van der Waals surface area contributed by atoms with E-state index in [1.165, 1.54) is 69.9 Å². The Kier molecular flexibility index (Phi) is 7.18. The first-order valence-electron chi connectivity index (χ1n) is 9.16. The van der Waals surface area contributed by atoms with E-state index in [2.05, 4.69) is 36.2 Å². The summed E-state index contributed by atoms with van der Waals surface area (Å²) in [6.07, 6.45) is 14.6. The first-order valence-corrected chi connectivity index (χ1v) is 9.16. The molecule has 2 rings (SSSR count). The minimum Gasteiger partial charge on any atom is -0.155 e. The summed E-state index contributed by atoms with van der Waals surface area (Å²) >= 11 is 0. The summed E-state index contributed by atoms with van der Waals surface area (Å²) in [5.41, 5.74) is 2.40. The lowest BCUT2D eigenvalue weighted by Crippen LogP contribution is -2.15. The molecule has 0 spiro atoms. The molecule has 1 aliphatic carbocycles. The van der Waals surface area contributed by atoms with Crippen LogP contribution in [0.1, 0.15) is 95.4 Å². The van der Waals surface area contributed by atoms with Crippen molar-refractivity contribution in [3.05, 3.63) is 23.5 Å². The number of hydrogen-bond acceptors (Lipinski definition) is 2. The van der Waals surface area contributed by atoms with Crippen LogP contribution < -0.4 is 0 Å². The van der Waals surface area contributed by atoms with Crippen LogP contribution in [0.5, 0.6) is 0 Å². The van der Waals surface area contributed by atoms with Crippen molar-refractivity contribution in [1.82, 2.24) is 10.2 Å². The Bertz CT molecular complexity index is 377. The van der Waals surface area contributed by atoms with Crippen molar-refractivity contribution < 1.29 is 0 Å². The van der Waals surface area contributed by atoms with E-state index in [0.717, 1.165) is 18.0 Å². The van der Waals surface area contributed by atoms with Crippen LogP contribution in [-0.2, 0) is 6.42 Å². The van der Waals surface area contributed by atoms with Gasteiger partial charge in [-0.1, -0.05) is 46.0 Å². The minimum atomic E-state index is 0.667. The summed E-state index contributed by atoms with van der Waals surface area (Å²) in [5, 5.41) is 8.93. The van der Waals surface area contributed by atoms with Crippen molar-refractivity contribution >= 4 is 0 Å². The molecular weight excluding hydrogens is 256 g/mol. The maximum atomic E-state index is 4.51. The van der Waals surface area contributed by atoms with Gasteiger partial charge in [0.2, 0.25) is 0 Å². The van der Waals surface area contributed by atoms with Crippen molar-refractivity contribution in [1.29, 1.82) is 0 Å². The van der Waals surface area contributed by atoms with Gasteiger partial charge in [0.25, 0.3) is 0 Å². The molecule has 0 saturated heterocycles. The molecule has 2 nitrogen and oxygen atoms in total. The lowest BCUT2D eigenvalue weighted by molar-refractivity contribution is 0.299. The molecule has 0 aromatic carbocycles. The molecule has 1 fully saturated rings. The molecule has 0 bridgehead atoms. The van der Waals surface area contributed by atoms with E-state index in [1.807, 2.05) is 0 Å². The van der Waals surface area contributed by atoms with Gasteiger partial charge in [0.05, 0.1) is 11.4 Å². The van der Waals surface area contributed by atoms with Gasteiger partial charge in [0.1, 0.15) is 0 Å². The normalized spacial score (nSPS) is 22.4. The fourth-order valence-electron chi connectivity index (χ4n) is 3.51. The number of rotatable bonds is 8. The van der Waals surface area contributed by atoms with Crippen molar-refractivity contribution in [3.63, 3.8) is 0 Å². The van der Waals surface area contributed by atoms with Gasteiger partial charge < -0.3 is 0 Å². The third-order valence-corrected chi connectivity index (χ3v) is 5.01. The minimum absolute atomic E-state index is 0.667. The maximum absolute atomic E-state index is 4.51. The number of unbranched alkanes of at least 4 members (excludes halogenated alkanes) is 3. The molecule has 1 aliphatic rings. The molecular formula is C19H32N2. The van der Waals surface area contributed by atoms with Gasteiger partial charge >= 0.3 is 0 Å². The third-order valence-electron chi connectivity index (χ3n) is 5.01. The zero-order chi connectivity index (χ0) is 14.9. The Balaban J connectivity index is 1.76. The van der Waals surface area contributed by atoms with Crippen LogP contribution in [0.4, 0.5) is 0 Å². The van der Waals surface area contributed by atoms with Gasteiger partial charge in [-0.15, -0.1) is 0 Å². The molecule has 0 amide bonds. The monoisotopic (exact) mass is 288 g/mol. The Morgan fingerprint density at radius 2 is 1.67 bits per heavy atom. The quantitative estimate of drug-likeness (QED) is 0.576. The summed E-state index contributed by atoms with van der Waals surface area (Å²) < 4.78 is 0. The van der Waals surface area contributed by atoms with Gasteiger partial charge in [0, 0.05) is 5.92 Å². The van der Waals surface area contributed by atoms with Crippen LogP contribution in [0, 0.1) is 5.92 Å². The Labute approximate surface area is 130 Å². The second-order valence-corrected chi connectivity index (χ2v) is 6.77. The van der Waals surface area contributed by atoms with Crippen LogP contribution in [0.25, 0.3) is 0 Å². The number of hydrogen-bond donors (Lipinski definition) is 0. The molecule has 1 aromatic rings. The van der Waals surface area contributed by atoms with Crippen molar-refractivity contribution in [2.75, 3.05) is 0 Å². The van der Waals surface area contributed by atoms with E-state index < -0.39 is 0 Å². The molecule has 0 aliphatic heterocycles. The van der Waals surface area contributed by atoms with Crippen LogP contribution in [-0.4, -0.2) is 10.2 Å². The predicted molar refractivity (Wildman–Crippen MR) is 89.5 cm³/mol. The molecule has 21 heavy (non-hydrogen) atoms. The largest absolute Gasteiger partial charge is 0.155 e. The molecule has 2 heteroatoms. The number of aryl methyl sites for hydroxylation is 1. The molecule has 0 atom stereocenters. The predicted octanol–water partition coefficient (Wildman–Crippen LogP) is 5.67. The van der Waals surface area contributed by atoms with Crippen LogP contribution in [0.2, 0.25) is 0 Å². The second kappa shape index (κ2) is 9.17. The highest BCUT2D eigenvalue weighted by Crippen LogP contribution is 2.36. The standard InChI is InChI=1S/C19H32N2/c1-3-5-7-8-16-10-12-17(13-11-16)19-15-14-18(20-21-19)9-6-4-2/h14-17H,3-13H2,1-2H3/t16-,17-. The molecule has 118 valence electrons. The summed E-state index contributed by atoms with van der Waals surface area (Å²) in [6, 6.07) is 4.44. The van der Waals surface area contributed by atoms with Gasteiger partial charge in [-0.25, -0.2) is 0 Å². The van der Waals surface area contributed by atoms with Gasteiger partial charge in [-0.2, -0.15) is 10.2 Å². The molecule has 1 heterocycles. The van der Waals surface area contributed by atoms with Crippen molar-refractivity contribution in [2.45, 2.75) is 90.4 Å². The molecule has 0 N–H and O–H groups in total. The highest BCUT2D eigenvalue weighted by atomic mass is 15.1. The molecule has 0 radical (unpaired) electrons. The summed E-state index contributed by atoms with van der Waals surface area (Å²) in [6.45, 7) is 4.51. The van der Waals surface area contributed by atoms with E-state index in [9.17, 15) is 0 Å². The molecule has 0 unspecified atom stereocenters. The molecule has 1 saturated carbocycles. The maximum Gasteiger partial charge on any atom is 0.0662 e. The van der Waals surface area contributed by atoms with E-state index in [0.29, 0.717) is 5.92 Å². The fraction of sp³-hybridized carbons (Fsp3) is 0.789. The third kappa shape index (κ3) is 5.41. The number of aromatic nitrogens is 2. The lowest BCUT2D eigenvalue weighted by Gasteiger charge is -2.28.